The standard InChI is InChI=1S/C30H28N2O4S/c1-4-16-36-22-13-11-21(12-14-22)27(33)25-26(20-9-7-19(5-2)8-10-20)32(29(35)28(25)34)30-31-23-15-6-18(3)17-24(23)37-30/h6-15,17,26,33H,4-5,16H2,1-3H3. The second kappa shape index (κ2) is 10.2. The third-order valence-corrected chi connectivity index (χ3v) is 7.50. The SMILES string of the molecule is CCCOc1ccc(C(O)=C2C(=O)C(=O)N(c3nc4ccc(C)cc4s3)C2c2ccc(CC)cc2)cc1. The number of aliphatic hydroxyl groups excluding tert-OH is 1. The van der Waals surface area contributed by atoms with E-state index in [9.17, 15) is 14.7 Å². The van der Waals surface area contributed by atoms with Crippen molar-refractivity contribution in [1.29, 1.82) is 0 Å². The quantitative estimate of drug-likeness (QED) is 0.172. The smallest absolute Gasteiger partial charge is 0.301 e. The molecule has 1 amide bonds. The van der Waals surface area contributed by atoms with Gasteiger partial charge >= 0.3 is 5.91 Å². The van der Waals surface area contributed by atoms with Crippen LogP contribution >= 0.6 is 11.3 Å². The fourth-order valence-electron chi connectivity index (χ4n) is 4.49. The molecule has 2 heterocycles. The van der Waals surface area contributed by atoms with Crippen molar-refractivity contribution in [3.8, 4) is 5.75 Å². The Kier molecular flexibility index (Phi) is 6.80. The number of fused-ring (bicyclic) bond motifs is 1. The van der Waals surface area contributed by atoms with Gasteiger partial charge in [-0.15, -0.1) is 0 Å². The van der Waals surface area contributed by atoms with Crippen LogP contribution in [0.5, 0.6) is 5.75 Å². The fraction of sp³-hybridized carbons (Fsp3) is 0.233. The highest BCUT2D eigenvalue weighted by molar-refractivity contribution is 7.22. The minimum atomic E-state index is -0.802. The predicted molar refractivity (Wildman–Crippen MR) is 147 cm³/mol. The van der Waals surface area contributed by atoms with Gasteiger partial charge in [-0.1, -0.05) is 55.5 Å². The number of carbonyl (C=O) groups is 2. The highest BCUT2D eigenvalue weighted by atomic mass is 32.1. The summed E-state index contributed by atoms with van der Waals surface area (Å²) in [4.78, 5) is 33.0. The summed E-state index contributed by atoms with van der Waals surface area (Å²) in [7, 11) is 0. The van der Waals surface area contributed by atoms with E-state index in [1.807, 2.05) is 56.3 Å². The number of nitrogens with zero attached hydrogens (tertiary/aromatic N) is 2. The Bertz CT molecular complexity index is 1500. The number of rotatable bonds is 7. The van der Waals surface area contributed by atoms with Gasteiger partial charge in [-0.3, -0.25) is 14.5 Å². The maximum absolute atomic E-state index is 13.5. The molecule has 3 aromatic carbocycles. The molecule has 7 heteroatoms. The van der Waals surface area contributed by atoms with Crippen LogP contribution in [-0.4, -0.2) is 28.4 Å². The number of carbonyl (C=O) groups excluding carboxylic acids is 2. The number of Topliss-reactive ketones (excluding diaryl/α,β-unsaturated/α-hetero) is 1. The number of ketones is 1. The lowest BCUT2D eigenvalue weighted by molar-refractivity contribution is -0.132. The van der Waals surface area contributed by atoms with Crippen LogP contribution in [0.15, 0.2) is 72.3 Å². The number of aromatic nitrogens is 1. The van der Waals surface area contributed by atoms with E-state index < -0.39 is 17.7 Å². The van der Waals surface area contributed by atoms with E-state index in [0.717, 1.165) is 39.7 Å². The number of benzene rings is 3. The molecule has 1 unspecified atom stereocenters. The third kappa shape index (κ3) is 4.62. The minimum absolute atomic E-state index is 0.0481. The minimum Gasteiger partial charge on any atom is -0.507 e. The third-order valence-electron chi connectivity index (χ3n) is 6.49. The molecule has 0 radical (unpaired) electrons. The van der Waals surface area contributed by atoms with E-state index in [4.69, 9.17) is 4.74 Å². The number of anilines is 1. The second-order valence-corrected chi connectivity index (χ2v) is 10.1. The fourth-order valence-corrected chi connectivity index (χ4v) is 5.58. The Balaban J connectivity index is 1.64. The molecule has 0 saturated carbocycles. The number of ether oxygens (including phenoxy) is 1. The average molecular weight is 513 g/mol. The van der Waals surface area contributed by atoms with Crippen molar-refractivity contribution in [1.82, 2.24) is 4.98 Å². The van der Waals surface area contributed by atoms with E-state index in [2.05, 4.69) is 11.9 Å². The Morgan fingerprint density at radius 1 is 1.03 bits per heavy atom. The Morgan fingerprint density at radius 2 is 1.76 bits per heavy atom. The molecular weight excluding hydrogens is 484 g/mol. The van der Waals surface area contributed by atoms with E-state index >= 15 is 0 Å². The monoisotopic (exact) mass is 512 g/mol. The average Bonchev–Trinajstić information content (AvgIpc) is 3.45. The van der Waals surface area contributed by atoms with Crippen molar-refractivity contribution in [2.45, 2.75) is 39.7 Å². The van der Waals surface area contributed by atoms with Gasteiger partial charge in [-0.2, -0.15) is 0 Å². The molecule has 188 valence electrons. The topological polar surface area (TPSA) is 79.7 Å². The molecule has 0 aliphatic carbocycles. The van der Waals surface area contributed by atoms with Crippen LogP contribution in [0, 0.1) is 6.92 Å². The van der Waals surface area contributed by atoms with Gasteiger partial charge < -0.3 is 9.84 Å². The second-order valence-electron chi connectivity index (χ2n) is 9.10. The number of hydrogen-bond acceptors (Lipinski definition) is 6. The predicted octanol–water partition coefficient (Wildman–Crippen LogP) is 6.58. The number of hydrogen-bond donors (Lipinski definition) is 1. The van der Waals surface area contributed by atoms with Crippen LogP contribution in [0.2, 0.25) is 0 Å². The van der Waals surface area contributed by atoms with Gasteiger partial charge in [0.1, 0.15) is 11.5 Å². The Labute approximate surface area is 219 Å². The normalized spacial score (nSPS) is 17.1. The molecule has 1 aromatic heterocycles. The molecule has 1 aliphatic rings. The molecule has 37 heavy (non-hydrogen) atoms. The molecule has 1 aliphatic heterocycles. The van der Waals surface area contributed by atoms with E-state index in [1.165, 1.54) is 16.2 Å². The lowest BCUT2D eigenvalue weighted by Gasteiger charge is -2.23. The van der Waals surface area contributed by atoms with Crippen molar-refractivity contribution < 1.29 is 19.4 Å². The van der Waals surface area contributed by atoms with Crippen molar-refractivity contribution in [3.63, 3.8) is 0 Å². The Hall–Kier alpha value is -3.97. The van der Waals surface area contributed by atoms with Crippen molar-refractivity contribution in [2.75, 3.05) is 11.5 Å². The van der Waals surface area contributed by atoms with Crippen molar-refractivity contribution >= 4 is 44.1 Å². The first-order valence-electron chi connectivity index (χ1n) is 12.4. The maximum Gasteiger partial charge on any atom is 0.301 e. The summed E-state index contributed by atoms with van der Waals surface area (Å²) in [5.74, 6) is -0.978. The zero-order valence-corrected chi connectivity index (χ0v) is 21.8. The van der Waals surface area contributed by atoms with Gasteiger partial charge in [0.05, 0.1) is 28.4 Å². The summed E-state index contributed by atoms with van der Waals surface area (Å²) in [5.41, 5.74) is 4.21. The number of aliphatic hydroxyl groups is 1. The van der Waals surface area contributed by atoms with Crippen LogP contribution in [0.4, 0.5) is 5.13 Å². The largest absolute Gasteiger partial charge is 0.507 e. The highest BCUT2D eigenvalue weighted by Crippen LogP contribution is 2.44. The first-order chi connectivity index (χ1) is 17.9. The van der Waals surface area contributed by atoms with E-state index in [0.29, 0.717) is 23.1 Å². The number of aryl methyl sites for hydroxylation is 2. The molecule has 6 nitrogen and oxygen atoms in total. The first kappa shape index (κ1) is 24.7. The lowest BCUT2D eigenvalue weighted by Crippen LogP contribution is -2.29. The van der Waals surface area contributed by atoms with Gasteiger partial charge in [-0.25, -0.2) is 4.98 Å². The van der Waals surface area contributed by atoms with Crippen LogP contribution in [0.25, 0.3) is 16.0 Å². The molecule has 0 bridgehead atoms. The molecule has 1 N–H and O–H groups in total. The van der Waals surface area contributed by atoms with Crippen LogP contribution < -0.4 is 9.64 Å². The molecular formula is C30H28N2O4S. The molecule has 4 aromatic rings. The number of thiazole rings is 1. The van der Waals surface area contributed by atoms with Gasteiger partial charge in [0.2, 0.25) is 0 Å². The Morgan fingerprint density at radius 3 is 2.43 bits per heavy atom. The van der Waals surface area contributed by atoms with Gasteiger partial charge in [0.25, 0.3) is 5.78 Å². The molecule has 1 atom stereocenters. The number of amides is 1. The molecule has 1 saturated heterocycles. The van der Waals surface area contributed by atoms with Crippen LogP contribution in [0.1, 0.15) is 48.6 Å². The van der Waals surface area contributed by atoms with Crippen molar-refractivity contribution in [2.24, 2.45) is 0 Å². The summed E-state index contributed by atoms with van der Waals surface area (Å²) in [5, 5.41) is 11.8. The summed E-state index contributed by atoms with van der Waals surface area (Å²) in [6.07, 6.45) is 1.75. The summed E-state index contributed by atoms with van der Waals surface area (Å²) in [6, 6.07) is 19.8. The summed E-state index contributed by atoms with van der Waals surface area (Å²) >= 11 is 1.36. The van der Waals surface area contributed by atoms with Crippen LogP contribution in [0.3, 0.4) is 0 Å². The van der Waals surface area contributed by atoms with Crippen molar-refractivity contribution in [3.05, 3.63) is 94.6 Å². The van der Waals surface area contributed by atoms with Gasteiger partial charge in [0.15, 0.2) is 5.13 Å². The lowest BCUT2D eigenvalue weighted by atomic mass is 9.94. The van der Waals surface area contributed by atoms with Crippen LogP contribution in [-0.2, 0) is 16.0 Å². The summed E-state index contributed by atoms with van der Waals surface area (Å²) in [6.45, 7) is 6.68. The molecule has 1 fully saturated rings. The van der Waals surface area contributed by atoms with E-state index in [-0.39, 0.29) is 11.3 Å². The zero-order chi connectivity index (χ0) is 26.1. The van der Waals surface area contributed by atoms with Gasteiger partial charge in [0, 0.05) is 5.56 Å². The summed E-state index contributed by atoms with van der Waals surface area (Å²) < 4.78 is 6.57. The molecule has 5 rings (SSSR count). The van der Waals surface area contributed by atoms with E-state index in [1.54, 1.807) is 24.3 Å². The first-order valence-corrected chi connectivity index (χ1v) is 13.2. The molecule has 0 spiro atoms. The highest BCUT2D eigenvalue weighted by Gasteiger charge is 2.48. The van der Waals surface area contributed by atoms with Gasteiger partial charge in [-0.05, 0) is 72.9 Å². The maximum atomic E-state index is 13.5. The zero-order valence-electron chi connectivity index (χ0n) is 21.0.